The first kappa shape index (κ1) is 28.2. The van der Waals surface area contributed by atoms with Gasteiger partial charge in [-0.05, 0) is 87.4 Å². The molecule has 8 nitrogen and oxygen atoms in total. The fourth-order valence-corrected chi connectivity index (χ4v) is 2.68. The van der Waals surface area contributed by atoms with Gasteiger partial charge in [0.25, 0.3) is 0 Å². The Morgan fingerprint density at radius 2 is 1.23 bits per heavy atom. The first-order chi connectivity index (χ1) is 13.9. The number of rotatable bonds is 14. The van der Waals surface area contributed by atoms with Crippen LogP contribution in [0.5, 0.6) is 0 Å². The van der Waals surface area contributed by atoms with Crippen molar-refractivity contribution < 1.29 is 28.6 Å². The Balaban J connectivity index is 4.36. The molecular formula is C22H42N2O6. The van der Waals surface area contributed by atoms with Crippen molar-refractivity contribution in [1.29, 1.82) is 0 Å². The van der Waals surface area contributed by atoms with Crippen molar-refractivity contribution in [2.45, 2.75) is 98.4 Å². The Hall–Kier alpha value is -1.83. The van der Waals surface area contributed by atoms with Crippen molar-refractivity contribution >= 4 is 18.0 Å². The molecule has 0 saturated heterocycles. The lowest BCUT2D eigenvalue weighted by atomic mass is 10.2. The number of carbonyl (C=O) groups is 3. The third kappa shape index (κ3) is 18.2. The summed E-state index contributed by atoms with van der Waals surface area (Å²) in [7, 11) is 0. The van der Waals surface area contributed by atoms with Crippen LogP contribution >= 0.6 is 0 Å². The molecule has 0 atom stereocenters. The van der Waals surface area contributed by atoms with Crippen LogP contribution in [-0.2, 0) is 23.8 Å². The number of esters is 2. The van der Waals surface area contributed by atoms with Crippen molar-refractivity contribution in [3.05, 3.63) is 0 Å². The Bertz CT molecular complexity index is 486. The number of nitrogens with zero attached hydrogens (tertiary/aromatic N) is 1. The highest BCUT2D eigenvalue weighted by atomic mass is 16.6. The molecule has 0 aromatic rings. The van der Waals surface area contributed by atoms with Crippen molar-refractivity contribution in [2.24, 2.45) is 0 Å². The van der Waals surface area contributed by atoms with Crippen molar-refractivity contribution in [1.82, 2.24) is 10.2 Å². The molecule has 0 saturated carbocycles. The van der Waals surface area contributed by atoms with E-state index in [0.29, 0.717) is 32.2 Å². The van der Waals surface area contributed by atoms with E-state index < -0.39 is 11.7 Å². The molecule has 8 heteroatoms. The summed E-state index contributed by atoms with van der Waals surface area (Å²) >= 11 is 0. The van der Waals surface area contributed by atoms with Gasteiger partial charge in [-0.1, -0.05) is 0 Å². The zero-order valence-electron chi connectivity index (χ0n) is 19.9. The summed E-state index contributed by atoms with van der Waals surface area (Å²) in [6.07, 6.45) is 2.18. The van der Waals surface area contributed by atoms with Crippen LogP contribution in [0.15, 0.2) is 0 Å². The number of alkyl carbamates (subject to hydrolysis) is 1. The van der Waals surface area contributed by atoms with E-state index >= 15 is 0 Å². The predicted octanol–water partition coefficient (Wildman–Crippen LogP) is 3.67. The van der Waals surface area contributed by atoms with Crippen LogP contribution in [0.25, 0.3) is 0 Å². The maximum absolute atomic E-state index is 11.7. The van der Waals surface area contributed by atoms with Gasteiger partial charge in [0, 0.05) is 19.4 Å². The van der Waals surface area contributed by atoms with Gasteiger partial charge in [0.1, 0.15) is 5.60 Å². The minimum atomic E-state index is -0.523. The van der Waals surface area contributed by atoms with Gasteiger partial charge >= 0.3 is 18.0 Å². The highest BCUT2D eigenvalue weighted by molar-refractivity contribution is 5.69. The van der Waals surface area contributed by atoms with E-state index in [1.807, 2.05) is 48.5 Å². The fraction of sp³-hybridized carbons (Fsp3) is 0.864. The summed E-state index contributed by atoms with van der Waals surface area (Å²) < 4.78 is 15.6. The molecule has 1 amide bonds. The number of amides is 1. The van der Waals surface area contributed by atoms with E-state index in [1.54, 1.807) is 0 Å². The summed E-state index contributed by atoms with van der Waals surface area (Å²) in [5, 5.41) is 2.75. The lowest BCUT2D eigenvalue weighted by Gasteiger charge is -2.23. The fourth-order valence-electron chi connectivity index (χ4n) is 2.68. The van der Waals surface area contributed by atoms with Crippen LogP contribution < -0.4 is 5.32 Å². The molecule has 0 fully saturated rings. The molecule has 0 aromatic carbocycles. The van der Waals surface area contributed by atoms with Gasteiger partial charge in [-0.25, -0.2) is 4.79 Å². The van der Waals surface area contributed by atoms with Gasteiger partial charge in [0.15, 0.2) is 0 Å². The number of hydrogen-bond acceptors (Lipinski definition) is 7. The Morgan fingerprint density at radius 3 is 1.63 bits per heavy atom. The third-order valence-electron chi connectivity index (χ3n) is 3.76. The van der Waals surface area contributed by atoms with Crippen molar-refractivity contribution in [3.8, 4) is 0 Å². The summed E-state index contributed by atoms with van der Waals surface area (Å²) in [5.41, 5.74) is -0.523. The van der Waals surface area contributed by atoms with Gasteiger partial charge in [0.05, 0.1) is 12.2 Å². The molecule has 0 aromatic heterocycles. The lowest BCUT2D eigenvalue weighted by molar-refractivity contribution is -0.148. The number of hydrogen-bond donors (Lipinski definition) is 1. The summed E-state index contributed by atoms with van der Waals surface area (Å²) in [6.45, 7) is 15.5. The number of carbonyl (C=O) groups excluding carboxylic acids is 3. The van der Waals surface area contributed by atoms with Crippen LogP contribution in [0.2, 0.25) is 0 Å². The van der Waals surface area contributed by atoms with Gasteiger partial charge in [-0.15, -0.1) is 0 Å². The van der Waals surface area contributed by atoms with Crippen LogP contribution in [0.4, 0.5) is 4.79 Å². The Labute approximate surface area is 182 Å². The lowest BCUT2D eigenvalue weighted by Crippen LogP contribution is -2.35. The molecule has 0 heterocycles. The maximum Gasteiger partial charge on any atom is 0.407 e. The number of nitrogens with one attached hydrogen (secondary N) is 1. The summed E-state index contributed by atoms with van der Waals surface area (Å²) in [6, 6.07) is 0. The smallest absolute Gasteiger partial charge is 0.407 e. The predicted molar refractivity (Wildman–Crippen MR) is 116 cm³/mol. The second-order valence-corrected chi connectivity index (χ2v) is 8.91. The van der Waals surface area contributed by atoms with E-state index in [9.17, 15) is 14.4 Å². The van der Waals surface area contributed by atoms with E-state index in [-0.39, 0.29) is 24.1 Å². The van der Waals surface area contributed by atoms with Gasteiger partial charge in [-0.2, -0.15) is 0 Å². The molecule has 0 aliphatic heterocycles. The summed E-state index contributed by atoms with van der Waals surface area (Å²) in [5.74, 6) is -0.394. The molecule has 0 aliphatic carbocycles. The molecule has 0 rings (SSSR count). The van der Waals surface area contributed by atoms with E-state index in [2.05, 4.69) is 10.2 Å². The second-order valence-electron chi connectivity index (χ2n) is 8.91. The Kier molecular flexibility index (Phi) is 14.1. The normalized spacial score (nSPS) is 11.7. The Morgan fingerprint density at radius 1 is 0.800 bits per heavy atom. The van der Waals surface area contributed by atoms with Crippen LogP contribution in [0, 0.1) is 0 Å². The van der Waals surface area contributed by atoms with Crippen molar-refractivity contribution in [3.63, 3.8) is 0 Å². The highest BCUT2D eigenvalue weighted by Gasteiger charge is 2.16. The number of ether oxygens (including phenoxy) is 3. The average molecular weight is 431 g/mol. The van der Waals surface area contributed by atoms with E-state index in [1.165, 1.54) is 0 Å². The molecule has 0 spiro atoms. The molecule has 0 bridgehead atoms. The summed E-state index contributed by atoms with van der Waals surface area (Å²) in [4.78, 5) is 37.4. The maximum atomic E-state index is 11.7. The van der Waals surface area contributed by atoms with Crippen molar-refractivity contribution in [2.75, 3.05) is 26.2 Å². The monoisotopic (exact) mass is 430 g/mol. The minimum Gasteiger partial charge on any atom is -0.463 e. The first-order valence-corrected chi connectivity index (χ1v) is 11.0. The molecule has 30 heavy (non-hydrogen) atoms. The molecule has 176 valence electrons. The SMILES string of the molecule is CC(C)OC(=O)CCCN(CCCNC(=O)OC(C)(C)C)CCCC(=O)OC(C)C. The molecule has 0 radical (unpaired) electrons. The van der Waals surface area contributed by atoms with E-state index in [4.69, 9.17) is 14.2 Å². The van der Waals surface area contributed by atoms with Crippen LogP contribution in [0.3, 0.4) is 0 Å². The zero-order chi connectivity index (χ0) is 23.2. The van der Waals surface area contributed by atoms with E-state index in [0.717, 1.165) is 26.1 Å². The standard InChI is InChI=1S/C22H42N2O6/c1-17(2)28-19(25)11-8-14-24(15-9-12-20(26)29-18(3)4)16-10-13-23-21(27)30-22(5,6)7/h17-18H,8-16H2,1-7H3,(H,23,27). The third-order valence-corrected chi connectivity index (χ3v) is 3.76. The van der Waals surface area contributed by atoms with Gasteiger partial charge in [0.2, 0.25) is 0 Å². The topological polar surface area (TPSA) is 94.2 Å². The average Bonchev–Trinajstić information content (AvgIpc) is 2.55. The van der Waals surface area contributed by atoms with Gasteiger partial charge in [-0.3, -0.25) is 9.59 Å². The zero-order valence-corrected chi connectivity index (χ0v) is 19.9. The van der Waals surface area contributed by atoms with Gasteiger partial charge < -0.3 is 24.4 Å². The molecule has 1 N–H and O–H groups in total. The molecular weight excluding hydrogens is 388 g/mol. The second kappa shape index (κ2) is 15.0. The first-order valence-electron chi connectivity index (χ1n) is 11.0. The van der Waals surface area contributed by atoms with Crippen LogP contribution in [-0.4, -0.2) is 66.9 Å². The minimum absolute atomic E-state index is 0.112. The highest BCUT2D eigenvalue weighted by Crippen LogP contribution is 2.07. The molecule has 0 aliphatic rings. The molecule has 0 unspecified atom stereocenters. The quantitative estimate of drug-likeness (QED) is 0.255. The largest absolute Gasteiger partial charge is 0.463 e. The van der Waals surface area contributed by atoms with Crippen LogP contribution in [0.1, 0.15) is 80.6 Å².